The van der Waals surface area contributed by atoms with Crippen molar-refractivity contribution in [2.75, 3.05) is 6.61 Å². The monoisotopic (exact) mass is 263 g/mol. The van der Waals surface area contributed by atoms with Gasteiger partial charge in [0.25, 0.3) is 0 Å². The summed E-state index contributed by atoms with van der Waals surface area (Å²) in [6.45, 7) is 8.18. The van der Waals surface area contributed by atoms with Gasteiger partial charge in [-0.25, -0.2) is 4.79 Å². The zero-order valence-electron chi connectivity index (χ0n) is 12.1. The molecule has 1 saturated carbocycles. The van der Waals surface area contributed by atoms with Crippen LogP contribution in [-0.4, -0.2) is 23.8 Å². The molecule has 19 heavy (non-hydrogen) atoms. The molecule has 2 bridgehead atoms. The summed E-state index contributed by atoms with van der Waals surface area (Å²) >= 11 is 0. The normalized spacial score (nSPS) is 34.6. The van der Waals surface area contributed by atoms with Gasteiger partial charge in [-0.1, -0.05) is 0 Å². The Bertz CT molecular complexity index is 472. The first-order valence-corrected chi connectivity index (χ1v) is 6.85. The van der Waals surface area contributed by atoms with Gasteiger partial charge in [-0.05, 0) is 58.4 Å². The van der Waals surface area contributed by atoms with E-state index in [-0.39, 0.29) is 17.8 Å². The van der Waals surface area contributed by atoms with Crippen LogP contribution in [0.1, 0.15) is 47.0 Å². The minimum Gasteiger partial charge on any atom is -0.462 e. The van der Waals surface area contributed by atoms with Crippen molar-refractivity contribution >= 4 is 5.97 Å². The van der Waals surface area contributed by atoms with Crippen molar-refractivity contribution in [1.29, 1.82) is 5.26 Å². The molecule has 2 aliphatic heterocycles. The summed E-state index contributed by atoms with van der Waals surface area (Å²) < 4.78 is 11.1. The average molecular weight is 263 g/mol. The SMILES string of the molecule is CCOC(=O)C(C#N)=C1CC2CCC1(C)OC2(C)C. The van der Waals surface area contributed by atoms with Gasteiger partial charge in [0.1, 0.15) is 11.6 Å². The van der Waals surface area contributed by atoms with Gasteiger partial charge in [0.15, 0.2) is 0 Å². The fraction of sp³-hybridized carbons (Fsp3) is 0.733. The predicted molar refractivity (Wildman–Crippen MR) is 70.2 cm³/mol. The highest BCUT2D eigenvalue weighted by molar-refractivity contribution is 5.94. The van der Waals surface area contributed by atoms with Crippen molar-refractivity contribution < 1.29 is 14.3 Å². The average Bonchev–Trinajstić information content (AvgIpc) is 2.30. The van der Waals surface area contributed by atoms with E-state index in [1.165, 1.54) is 0 Å². The van der Waals surface area contributed by atoms with Gasteiger partial charge in [0, 0.05) is 0 Å². The summed E-state index contributed by atoms with van der Waals surface area (Å²) in [5.41, 5.74) is 0.274. The summed E-state index contributed by atoms with van der Waals surface area (Å²) in [5, 5.41) is 9.28. The van der Waals surface area contributed by atoms with E-state index in [9.17, 15) is 10.1 Å². The Morgan fingerprint density at radius 1 is 1.53 bits per heavy atom. The van der Waals surface area contributed by atoms with Crippen LogP contribution in [0.15, 0.2) is 11.1 Å². The maximum absolute atomic E-state index is 11.9. The molecule has 104 valence electrons. The van der Waals surface area contributed by atoms with Crippen molar-refractivity contribution in [3.8, 4) is 6.07 Å². The Morgan fingerprint density at radius 3 is 2.68 bits per heavy atom. The highest BCUT2D eigenvalue weighted by Gasteiger charge is 2.52. The lowest BCUT2D eigenvalue weighted by atomic mass is 9.65. The van der Waals surface area contributed by atoms with Crippen LogP contribution in [0.3, 0.4) is 0 Å². The van der Waals surface area contributed by atoms with Crippen LogP contribution in [0, 0.1) is 17.2 Å². The number of hydrogen-bond donors (Lipinski definition) is 0. The Kier molecular flexibility index (Phi) is 3.44. The van der Waals surface area contributed by atoms with Crippen LogP contribution in [0.5, 0.6) is 0 Å². The van der Waals surface area contributed by atoms with Crippen LogP contribution >= 0.6 is 0 Å². The van der Waals surface area contributed by atoms with Gasteiger partial charge >= 0.3 is 5.97 Å². The molecule has 2 saturated heterocycles. The first kappa shape index (κ1) is 14.1. The van der Waals surface area contributed by atoms with Gasteiger partial charge in [-0.2, -0.15) is 5.26 Å². The summed E-state index contributed by atoms with van der Waals surface area (Å²) in [6, 6.07) is 2.02. The second-order valence-corrected chi connectivity index (χ2v) is 6.06. The minimum atomic E-state index is -0.518. The van der Waals surface area contributed by atoms with Gasteiger partial charge in [0.05, 0.1) is 17.8 Å². The minimum absolute atomic E-state index is 0.143. The Labute approximate surface area is 114 Å². The summed E-state index contributed by atoms with van der Waals surface area (Å²) in [4.78, 5) is 11.9. The van der Waals surface area contributed by atoms with Crippen molar-refractivity contribution in [1.82, 2.24) is 0 Å². The molecule has 0 amide bonds. The number of carbonyl (C=O) groups excluding carboxylic acids is 1. The number of esters is 1. The molecule has 0 N–H and O–H groups in total. The van der Waals surface area contributed by atoms with Crippen LogP contribution in [0.4, 0.5) is 0 Å². The molecular weight excluding hydrogens is 242 g/mol. The van der Waals surface area contributed by atoms with Crippen LogP contribution in [-0.2, 0) is 14.3 Å². The third-order valence-corrected chi connectivity index (χ3v) is 4.42. The standard InChI is InChI=1S/C15H21NO3/c1-5-18-13(17)11(9-16)12-8-10-6-7-15(12,4)19-14(10,2)3/h10H,5-8H2,1-4H3. The first-order valence-electron chi connectivity index (χ1n) is 6.85. The second kappa shape index (κ2) is 4.64. The largest absolute Gasteiger partial charge is 0.462 e. The molecule has 3 fully saturated rings. The van der Waals surface area contributed by atoms with Gasteiger partial charge in [0.2, 0.25) is 0 Å². The molecule has 0 aromatic rings. The molecule has 2 atom stereocenters. The number of ether oxygens (including phenoxy) is 2. The second-order valence-electron chi connectivity index (χ2n) is 6.06. The molecule has 0 aromatic carbocycles. The van der Waals surface area contributed by atoms with Gasteiger partial charge in [-0.15, -0.1) is 0 Å². The fourth-order valence-corrected chi connectivity index (χ4v) is 3.34. The van der Waals surface area contributed by atoms with E-state index in [1.54, 1.807) is 6.92 Å². The maximum Gasteiger partial charge on any atom is 0.348 e. The van der Waals surface area contributed by atoms with Crippen LogP contribution in [0.25, 0.3) is 0 Å². The molecule has 4 heteroatoms. The highest BCUT2D eigenvalue weighted by Crippen LogP contribution is 2.53. The summed E-state index contributed by atoms with van der Waals surface area (Å²) in [5.74, 6) is -0.155. The van der Waals surface area contributed by atoms with E-state index in [2.05, 4.69) is 13.8 Å². The van der Waals surface area contributed by atoms with E-state index in [0.29, 0.717) is 5.92 Å². The summed E-state index contributed by atoms with van der Waals surface area (Å²) in [6.07, 6.45) is 2.70. The quantitative estimate of drug-likeness (QED) is 0.436. The van der Waals surface area contributed by atoms with Crippen molar-refractivity contribution in [2.45, 2.75) is 58.2 Å². The lowest BCUT2D eigenvalue weighted by Gasteiger charge is -2.55. The van der Waals surface area contributed by atoms with Crippen molar-refractivity contribution in [2.24, 2.45) is 5.92 Å². The van der Waals surface area contributed by atoms with Crippen LogP contribution in [0.2, 0.25) is 0 Å². The van der Waals surface area contributed by atoms with Crippen LogP contribution < -0.4 is 0 Å². The predicted octanol–water partition coefficient (Wildman–Crippen LogP) is 2.74. The first-order chi connectivity index (χ1) is 8.84. The number of hydrogen-bond acceptors (Lipinski definition) is 4. The Balaban J connectivity index is 2.41. The number of carbonyl (C=O) groups is 1. The molecular formula is C15H21NO3. The zero-order chi connectivity index (χ0) is 14.3. The Morgan fingerprint density at radius 2 is 2.21 bits per heavy atom. The number of nitriles is 1. The fourth-order valence-electron chi connectivity index (χ4n) is 3.34. The zero-order valence-corrected chi connectivity index (χ0v) is 12.1. The number of rotatable bonds is 2. The van der Waals surface area contributed by atoms with Gasteiger partial charge in [-0.3, -0.25) is 0 Å². The van der Waals surface area contributed by atoms with Crippen molar-refractivity contribution in [3.05, 3.63) is 11.1 Å². The third kappa shape index (κ3) is 2.28. The number of fused-ring (bicyclic) bond motifs is 3. The summed E-state index contributed by atoms with van der Waals surface area (Å²) in [7, 11) is 0. The molecule has 0 spiro atoms. The highest BCUT2D eigenvalue weighted by atomic mass is 16.5. The Hall–Kier alpha value is -1.34. The molecule has 0 aromatic heterocycles. The van der Waals surface area contributed by atoms with E-state index in [0.717, 1.165) is 24.8 Å². The smallest absolute Gasteiger partial charge is 0.348 e. The molecule has 2 unspecified atom stereocenters. The lowest BCUT2D eigenvalue weighted by molar-refractivity contribution is -0.202. The van der Waals surface area contributed by atoms with Gasteiger partial charge < -0.3 is 9.47 Å². The van der Waals surface area contributed by atoms with Crippen molar-refractivity contribution in [3.63, 3.8) is 0 Å². The molecule has 2 heterocycles. The van der Waals surface area contributed by atoms with E-state index < -0.39 is 11.6 Å². The lowest BCUT2D eigenvalue weighted by Crippen LogP contribution is -2.55. The maximum atomic E-state index is 11.9. The third-order valence-electron chi connectivity index (χ3n) is 4.42. The molecule has 4 nitrogen and oxygen atoms in total. The molecule has 3 aliphatic rings. The molecule has 1 aliphatic carbocycles. The van der Waals surface area contributed by atoms with E-state index >= 15 is 0 Å². The molecule has 0 radical (unpaired) electrons. The van der Waals surface area contributed by atoms with E-state index in [1.807, 2.05) is 13.0 Å². The number of nitrogens with zero attached hydrogens (tertiary/aromatic N) is 1. The molecule has 3 rings (SSSR count). The topological polar surface area (TPSA) is 59.3 Å². The van der Waals surface area contributed by atoms with E-state index in [4.69, 9.17) is 9.47 Å².